The van der Waals surface area contributed by atoms with Gasteiger partial charge in [-0.1, -0.05) is 0 Å². The fourth-order valence-corrected chi connectivity index (χ4v) is 2.83. The Bertz CT molecular complexity index is 1110. The van der Waals surface area contributed by atoms with Crippen LogP contribution in [-0.4, -0.2) is 32.3 Å². The minimum Gasteiger partial charge on any atom is -0.368 e. The normalized spacial score (nSPS) is 14.5. The highest BCUT2D eigenvalue weighted by Crippen LogP contribution is 2.38. The lowest BCUT2D eigenvalue weighted by Gasteiger charge is -2.16. The number of hydrogen-bond donors (Lipinski definition) is 4. The topological polar surface area (TPSA) is 149 Å². The first-order valence-corrected chi connectivity index (χ1v) is 8.44. The van der Waals surface area contributed by atoms with E-state index in [1.165, 1.54) is 24.5 Å². The van der Waals surface area contributed by atoms with Crippen LogP contribution in [0.4, 0.5) is 21.7 Å². The molecule has 0 bridgehead atoms. The smallest absolute Gasteiger partial charge is 0.271 e. The molecular weight excluding hydrogens is 365 g/mol. The molecule has 0 atom stereocenters. The van der Waals surface area contributed by atoms with Crippen LogP contribution in [0.2, 0.25) is 0 Å². The van der Waals surface area contributed by atoms with E-state index in [9.17, 15) is 14.0 Å². The molecule has 0 aliphatic heterocycles. The van der Waals surface area contributed by atoms with Gasteiger partial charge in [-0.15, -0.1) is 0 Å². The fraction of sp³-hybridized carbons (Fsp3) is 0.167. The molecule has 1 aliphatic carbocycles. The first kappa shape index (κ1) is 17.6. The first-order chi connectivity index (χ1) is 13.4. The van der Waals surface area contributed by atoms with Gasteiger partial charge in [0.1, 0.15) is 17.2 Å². The van der Waals surface area contributed by atoms with E-state index in [2.05, 4.69) is 25.6 Å². The van der Waals surface area contributed by atoms with Crippen molar-refractivity contribution in [3.63, 3.8) is 0 Å². The van der Waals surface area contributed by atoms with E-state index in [0.29, 0.717) is 29.4 Å². The number of aromatic nitrogens is 3. The molecule has 1 aromatic carbocycles. The van der Waals surface area contributed by atoms with Crippen molar-refractivity contribution in [2.45, 2.75) is 18.4 Å². The second-order valence-electron chi connectivity index (χ2n) is 6.57. The Balaban J connectivity index is 1.68. The van der Waals surface area contributed by atoms with Gasteiger partial charge in [0.25, 0.3) is 5.91 Å². The van der Waals surface area contributed by atoms with Gasteiger partial charge >= 0.3 is 0 Å². The predicted molar refractivity (Wildman–Crippen MR) is 100 cm³/mol. The Morgan fingerprint density at radius 2 is 1.89 bits per heavy atom. The molecule has 0 saturated heterocycles. The molecule has 0 unspecified atom stereocenters. The van der Waals surface area contributed by atoms with Gasteiger partial charge in [0, 0.05) is 5.39 Å². The number of nitrogens with two attached hydrogens (primary N) is 2. The Labute approximate surface area is 158 Å². The van der Waals surface area contributed by atoms with Gasteiger partial charge in [0.15, 0.2) is 11.5 Å². The van der Waals surface area contributed by atoms with Crippen molar-refractivity contribution in [2.75, 3.05) is 10.6 Å². The zero-order chi connectivity index (χ0) is 19.9. The second kappa shape index (κ2) is 6.41. The lowest BCUT2D eigenvalue weighted by atomic mass is 10.2. The average Bonchev–Trinajstić information content (AvgIpc) is 3.42. The third-order valence-electron chi connectivity index (χ3n) is 4.50. The highest BCUT2D eigenvalue weighted by Gasteiger charge is 2.49. The summed E-state index contributed by atoms with van der Waals surface area (Å²) in [7, 11) is 0. The number of carbonyl (C=O) groups excluding carboxylic acids is 2. The third-order valence-corrected chi connectivity index (χ3v) is 4.50. The number of nitrogens with one attached hydrogen (secondary N) is 2. The maximum absolute atomic E-state index is 13.5. The maximum atomic E-state index is 13.5. The third kappa shape index (κ3) is 3.27. The Hall–Kier alpha value is -3.82. The number of carbonyl (C=O) groups is 2. The number of primary amides is 2. The fourth-order valence-electron chi connectivity index (χ4n) is 2.83. The van der Waals surface area contributed by atoms with Gasteiger partial charge < -0.3 is 22.1 Å². The van der Waals surface area contributed by atoms with Crippen molar-refractivity contribution in [1.29, 1.82) is 0 Å². The molecule has 28 heavy (non-hydrogen) atoms. The van der Waals surface area contributed by atoms with Crippen LogP contribution in [0.1, 0.15) is 23.3 Å². The van der Waals surface area contributed by atoms with Gasteiger partial charge in [-0.2, -0.15) is 0 Å². The molecule has 9 nitrogen and oxygen atoms in total. The number of hydrogen-bond acceptors (Lipinski definition) is 7. The van der Waals surface area contributed by atoms with Crippen molar-refractivity contribution >= 4 is 40.0 Å². The summed E-state index contributed by atoms with van der Waals surface area (Å²) in [5, 5.41) is 6.45. The van der Waals surface area contributed by atoms with Crippen molar-refractivity contribution < 1.29 is 14.0 Å². The van der Waals surface area contributed by atoms with Crippen LogP contribution in [0, 0.1) is 5.82 Å². The molecule has 2 amide bonds. The monoisotopic (exact) mass is 381 g/mol. The number of benzene rings is 1. The largest absolute Gasteiger partial charge is 0.368 e. The molecule has 142 valence electrons. The zero-order valence-corrected chi connectivity index (χ0v) is 14.6. The minimum atomic E-state index is -0.845. The van der Waals surface area contributed by atoms with Crippen LogP contribution in [-0.2, 0) is 4.79 Å². The van der Waals surface area contributed by atoms with E-state index in [4.69, 9.17) is 11.5 Å². The summed E-state index contributed by atoms with van der Waals surface area (Å²) >= 11 is 0. The number of anilines is 3. The molecule has 2 aromatic heterocycles. The molecule has 1 saturated carbocycles. The van der Waals surface area contributed by atoms with Gasteiger partial charge in [-0.05, 0) is 37.1 Å². The number of halogens is 1. The van der Waals surface area contributed by atoms with E-state index in [-0.39, 0.29) is 17.3 Å². The summed E-state index contributed by atoms with van der Waals surface area (Å²) in [6.45, 7) is 0. The van der Waals surface area contributed by atoms with Crippen molar-refractivity contribution in [3.8, 4) is 0 Å². The van der Waals surface area contributed by atoms with E-state index < -0.39 is 23.2 Å². The zero-order valence-electron chi connectivity index (χ0n) is 14.6. The summed E-state index contributed by atoms with van der Waals surface area (Å²) in [5.41, 5.74) is 10.9. The number of nitrogens with zero attached hydrogens (tertiary/aromatic N) is 3. The molecule has 10 heteroatoms. The van der Waals surface area contributed by atoms with Gasteiger partial charge in [0.05, 0.1) is 23.6 Å². The van der Waals surface area contributed by atoms with Gasteiger partial charge in [-0.25, -0.2) is 14.4 Å². The standard InChI is InChI=1S/C18H16FN7O2/c19-10-1-2-12-9(5-10)6-11(7-22-12)24-16-14(15(20)27)23-8-13(25-16)26-18(3-4-18)17(21)28/h1-2,5-8H,3-4H2,(H2,20,27)(H2,21,28)(H2,24,25,26). The molecular formula is C18H16FN7O2. The Morgan fingerprint density at radius 1 is 1.11 bits per heavy atom. The molecule has 4 rings (SSSR count). The van der Waals surface area contributed by atoms with Crippen molar-refractivity contribution in [2.24, 2.45) is 11.5 Å². The van der Waals surface area contributed by atoms with E-state index in [1.54, 1.807) is 12.1 Å². The minimum absolute atomic E-state index is 0.0790. The quantitative estimate of drug-likeness (QED) is 0.504. The summed E-state index contributed by atoms with van der Waals surface area (Å²) in [6, 6.07) is 5.88. The van der Waals surface area contributed by atoms with Gasteiger partial charge in [-0.3, -0.25) is 14.6 Å². The Kier molecular flexibility index (Phi) is 4.03. The summed E-state index contributed by atoms with van der Waals surface area (Å²) in [4.78, 5) is 35.8. The summed E-state index contributed by atoms with van der Waals surface area (Å²) < 4.78 is 13.5. The number of fused-ring (bicyclic) bond motifs is 1. The predicted octanol–water partition coefficient (Wildman–Crippen LogP) is 1.44. The molecule has 1 aliphatic rings. The maximum Gasteiger partial charge on any atom is 0.271 e. The Morgan fingerprint density at radius 3 is 2.57 bits per heavy atom. The van der Waals surface area contributed by atoms with Crippen molar-refractivity contribution in [3.05, 3.63) is 48.2 Å². The average molecular weight is 381 g/mol. The molecule has 6 N–H and O–H groups in total. The lowest BCUT2D eigenvalue weighted by Crippen LogP contribution is -2.38. The number of rotatable bonds is 6. The van der Waals surface area contributed by atoms with Crippen molar-refractivity contribution in [1.82, 2.24) is 15.0 Å². The molecule has 0 radical (unpaired) electrons. The summed E-state index contributed by atoms with van der Waals surface area (Å²) in [5.74, 6) is -1.31. The van der Waals surface area contributed by atoms with Crippen LogP contribution >= 0.6 is 0 Å². The second-order valence-corrected chi connectivity index (χ2v) is 6.57. The van der Waals surface area contributed by atoms with E-state index in [1.807, 2.05) is 0 Å². The van der Waals surface area contributed by atoms with E-state index >= 15 is 0 Å². The van der Waals surface area contributed by atoms with Crippen LogP contribution in [0.25, 0.3) is 10.9 Å². The lowest BCUT2D eigenvalue weighted by molar-refractivity contribution is -0.119. The highest BCUT2D eigenvalue weighted by atomic mass is 19.1. The highest BCUT2D eigenvalue weighted by molar-refractivity contribution is 5.97. The molecule has 0 spiro atoms. The van der Waals surface area contributed by atoms with Crippen LogP contribution < -0.4 is 22.1 Å². The molecule has 1 fully saturated rings. The van der Waals surface area contributed by atoms with Gasteiger partial charge in [0.2, 0.25) is 5.91 Å². The number of pyridine rings is 1. The first-order valence-electron chi connectivity index (χ1n) is 8.44. The SMILES string of the molecule is NC(=O)c1ncc(NC2(C(N)=O)CC2)nc1Nc1cnc2ccc(F)cc2c1. The number of amides is 2. The molecule has 3 aromatic rings. The van der Waals surface area contributed by atoms with E-state index in [0.717, 1.165) is 0 Å². The molecule has 2 heterocycles. The van der Waals surface area contributed by atoms with Crippen LogP contribution in [0.15, 0.2) is 36.7 Å². The van der Waals surface area contributed by atoms with Crippen LogP contribution in [0.3, 0.4) is 0 Å². The summed E-state index contributed by atoms with van der Waals surface area (Å²) in [6.07, 6.45) is 4.00. The van der Waals surface area contributed by atoms with Crippen LogP contribution in [0.5, 0.6) is 0 Å².